The van der Waals surface area contributed by atoms with Crippen LogP contribution in [0, 0.1) is 17.2 Å². The second-order valence-electron chi connectivity index (χ2n) is 5.84. The highest BCUT2D eigenvalue weighted by molar-refractivity contribution is 5.94. The van der Waals surface area contributed by atoms with Crippen molar-refractivity contribution >= 4 is 17.9 Å². The van der Waals surface area contributed by atoms with Crippen molar-refractivity contribution in [1.82, 2.24) is 25.5 Å². The molecule has 0 bridgehead atoms. The Morgan fingerprint density at radius 1 is 1.33 bits per heavy atom. The topological polar surface area (TPSA) is 114 Å². The zero-order chi connectivity index (χ0) is 16.9. The van der Waals surface area contributed by atoms with E-state index in [1.807, 2.05) is 0 Å². The Bertz CT molecular complexity index is 664. The van der Waals surface area contributed by atoms with Crippen LogP contribution in [-0.4, -0.2) is 59.7 Å². The molecule has 0 unspecified atom stereocenters. The number of carbonyl (C=O) groups excluding carboxylic acids is 2. The van der Waals surface area contributed by atoms with Crippen molar-refractivity contribution in [3.8, 4) is 6.07 Å². The fourth-order valence-corrected chi connectivity index (χ4v) is 2.98. The predicted octanol–water partition coefficient (Wildman–Crippen LogP) is 0.299. The first kappa shape index (κ1) is 16.0. The van der Waals surface area contributed by atoms with Crippen molar-refractivity contribution in [3.63, 3.8) is 0 Å². The van der Waals surface area contributed by atoms with E-state index in [1.54, 1.807) is 6.20 Å². The van der Waals surface area contributed by atoms with Gasteiger partial charge in [0.25, 0.3) is 0 Å². The van der Waals surface area contributed by atoms with Crippen LogP contribution in [0.4, 0.5) is 15.4 Å². The number of nitrogens with zero attached hydrogens (tertiary/aromatic N) is 5. The summed E-state index contributed by atoms with van der Waals surface area (Å²) in [6.07, 6.45) is 4.87. The van der Waals surface area contributed by atoms with Crippen molar-refractivity contribution in [1.29, 1.82) is 5.26 Å². The van der Waals surface area contributed by atoms with Crippen molar-refractivity contribution < 1.29 is 9.59 Å². The number of nitrogens with one attached hydrogen (secondary N) is 2. The van der Waals surface area contributed by atoms with Crippen LogP contribution in [0.1, 0.15) is 18.5 Å². The maximum atomic E-state index is 12.0. The van der Waals surface area contributed by atoms with Gasteiger partial charge in [-0.2, -0.15) is 5.26 Å². The number of nitriles is 1. The summed E-state index contributed by atoms with van der Waals surface area (Å²) in [4.78, 5) is 34.9. The molecule has 1 aromatic heterocycles. The number of amides is 4. The van der Waals surface area contributed by atoms with E-state index in [4.69, 9.17) is 5.26 Å². The summed E-state index contributed by atoms with van der Waals surface area (Å²) >= 11 is 0. The number of rotatable bonds is 3. The summed E-state index contributed by atoms with van der Waals surface area (Å²) in [6.45, 7) is 2.98. The molecule has 0 aliphatic carbocycles. The molecule has 24 heavy (non-hydrogen) atoms. The van der Waals surface area contributed by atoms with Gasteiger partial charge in [-0.1, -0.05) is 0 Å². The molecule has 9 nitrogen and oxygen atoms in total. The van der Waals surface area contributed by atoms with E-state index >= 15 is 0 Å². The summed E-state index contributed by atoms with van der Waals surface area (Å²) in [5, 5.41) is 14.5. The van der Waals surface area contributed by atoms with Crippen LogP contribution in [0.15, 0.2) is 12.4 Å². The lowest BCUT2D eigenvalue weighted by Crippen LogP contribution is -2.45. The Labute approximate surface area is 139 Å². The van der Waals surface area contributed by atoms with E-state index in [-0.39, 0.29) is 12.1 Å². The van der Waals surface area contributed by atoms with Gasteiger partial charge in [-0.25, -0.2) is 24.5 Å². The van der Waals surface area contributed by atoms with E-state index in [9.17, 15) is 9.59 Å². The molecule has 0 atom stereocenters. The molecule has 126 valence electrons. The fourth-order valence-electron chi connectivity index (χ4n) is 2.98. The molecule has 2 fully saturated rings. The van der Waals surface area contributed by atoms with Gasteiger partial charge in [0.2, 0.25) is 0 Å². The summed E-state index contributed by atoms with van der Waals surface area (Å²) in [6, 6.07) is 1.39. The number of hydrogen-bond acceptors (Lipinski definition) is 6. The summed E-state index contributed by atoms with van der Waals surface area (Å²) < 4.78 is 0. The molecule has 2 aliphatic heterocycles. The Morgan fingerprint density at radius 3 is 2.75 bits per heavy atom. The zero-order valence-electron chi connectivity index (χ0n) is 13.2. The summed E-state index contributed by atoms with van der Waals surface area (Å²) in [7, 11) is 0. The minimum atomic E-state index is -0.340. The summed E-state index contributed by atoms with van der Waals surface area (Å²) in [5.41, 5.74) is 0.337. The van der Waals surface area contributed by atoms with Crippen molar-refractivity contribution in [3.05, 3.63) is 18.1 Å². The average Bonchev–Trinajstić information content (AvgIpc) is 3.06. The first-order chi connectivity index (χ1) is 11.7. The first-order valence-electron chi connectivity index (χ1n) is 7.98. The molecule has 2 aliphatic rings. The molecule has 0 spiro atoms. The Balaban J connectivity index is 1.48. The lowest BCUT2D eigenvalue weighted by molar-refractivity contribution is 0.197. The maximum Gasteiger partial charge on any atom is 0.325 e. The van der Waals surface area contributed by atoms with Gasteiger partial charge in [0, 0.05) is 45.1 Å². The van der Waals surface area contributed by atoms with Gasteiger partial charge < -0.3 is 15.5 Å². The largest absolute Gasteiger partial charge is 0.354 e. The van der Waals surface area contributed by atoms with Gasteiger partial charge in [-0.15, -0.1) is 0 Å². The maximum absolute atomic E-state index is 12.0. The second kappa shape index (κ2) is 7.12. The molecular weight excluding hydrogens is 310 g/mol. The molecule has 2 saturated heterocycles. The summed E-state index contributed by atoms with van der Waals surface area (Å²) in [5.74, 6) is 0.967. The Morgan fingerprint density at radius 2 is 2.08 bits per heavy atom. The number of piperidine rings is 1. The standard InChI is InChI=1S/C15H19N7O2/c16-9-12-13(18-4-3-17-12)21-6-1-11(2-7-21)10-20-15(24)22-8-5-19-14(22)23/h3-4,11H,1-2,5-8,10H2,(H,19,23)(H,20,24). The first-order valence-corrected chi connectivity index (χ1v) is 7.98. The molecule has 0 aromatic carbocycles. The molecule has 3 heterocycles. The highest BCUT2D eigenvalue weighted by Gasteiger charge is 2.27. The lowest BCUT2D eigenvalue weighted by atomic mass is 9.97. The monoisotopic (exact) mass is 329 g/mol. The third-order valence-electron chi connectivity index (χ3n) is 4.34. The quantitative estimate of drug-likeness (QED) is 0.824. The number of imide groups is 1. The van der Waals surface area contributed by atoms with Gasteiger partial charge in [-0.3, -0.25) is 0 Å². The molecular formula is C15H19N7O2. The van der Waals surface area contributed by atoms with E-state index in [1.165, 1.54) is 11.1 Å². The minimum Gasteiger partial charge on any atom is -0.354 e. The molecule has 0 saturated carbocycles. The number of aromatic nitrogens is 2. The van der Waals surface area contributed by atoms with Crippen LogP contribution in [0.25, 0.3) is 0 Å². The molecule has 0 radical (unpaired) electrons. The van der Waals surface area contributed by atoms with Crippen LogP contribution < -0.4 is 15.5 Å². The smallest absolute Gasteiger partial charge is 0.325 e. The molecule has 9 heteroatoms. The van der Waals surface area contributed by atoms with Crippen LogP contribution >= 0.6 is 0 Å². The fraction of sp³-hybridized carbons (Fsp3) is 0.533. The van der Waals surface area contributed by atoms with E-state index in [2.05, 4.69) is 31.6 Å². The minimum absolute atomic E-state index is 0.337. The zero-order valence-corrected chi connectivity index (χ0v) is 13.2. The second-order valence-corrected chi connectivity index (χ2v) is 5.84. The predicted molar refractivity (Wildman–Crippen MR) is 85.2 cm³/mol. The van der Waals surface area contributed by atoms with Gasteiger partial charge in [0.05, 0.1) is 0 Å². The number of urea groups is 2. The van der Waals surface area contributed by atoms with Crippen LogP contribution in [0.5, 0.6) is 0 Å². The third kappa shape index (κ3) is 3.37. The van der Waals surface area contributed by atoms with Crippen molar-refractivity contribution in [2.24, 2.45) is 5.92 Å². The number of anilines is 1. The SMILES string of the molecule is N#Cc1nccnc1N1CCC(CNC(=O)N2CCNC2=O)CC1. The number of hydrogen-bond donors (Lipinski definition) is 2. The Kier molecular flexibility index (Phi) is 4.74. The molecule has 3 rings (SSSR count). The van der Waals surface area contributed by atoms with Crippen LogP contribution in [0.3, 0.4) is 0 Å². The van der Waals surface area contributed by atoms with Crippen molar-refractivity contribution in [2.45, 2.75) is 12.8 Å². The molecule has 1 aromatic rings. The van der Waals surface area contributed by atoms with E-state index in [0.29, 0.717) is 37.1 Å². The lowest BCUT2D eigenvalue weighted by Gasteiger charge is -2.33. The van der Waals surface area contributed by atoms with Crippen LogP contribution in [-0.2, 0) is 0 Å². The number of carbonyl (C=O) groups is 2. The highest BCUT2D eigenvalue weighted by Crippen LogP contribution is 2.22. The van der Waals surface area contributed by atoms with Gasteiger partial charge in [-0.05, 0) is 18.8 Å². The third-order valence-corrected chi connectivity index (χ3v) is 4.34. The van der Waals surface area contributed by atoms with Crippen LogP contribution in [0.2, 0.25) is 0 Å². The highest BCUT2D eigenvalue weighted by atomic mass is 16.2. The van der Waals surface area contributed by atoms with Gasteiger partial charge in [0.1, 0.15) is 6.07 Å². The molecule has 2 N–H and O–H groups in total. The normalized spacial score (nSPS) is 18.2. The van der Waals surface area contributed by atoms with E-state index < -0.39 is 0 Å². The molecule has 4 amide bonds. The van der Waals surface area contributed by atoms with Crippen molar-refractivity contribution in [2.75, 3.05) is 37.6 Å². The van der Waals surface area contributed by atoms with E-state index in [0.717, 1.165) is 25.9 Å². The van der Waals surface area contributed by atoms with Gasteiger partial charge >= 0.3 is 12.1 Å². The Hall–Kier alpha value is -2.89. The van der Waals surface area contributed by atoms with Gasteiger partial charge in [0.15, 0.2) is 11.5 Å². The average molecular weight is 329 g/mol.